The number of hydrogen-bond acceptors (Lipinski definition) is 0. The summed E-state index contributed by atoms with van der Waals surface area (Å²) in [7, 11) is 0. The number of fused-ring (bicyclic) bond motifs is 1. The molecule has 0 fully saturated rings. The third-order valence-electron chi connectivity index (χ3n) is 4.37. The van der Waals surface area contributed by atoms with E-state index in [0.29, 0.717) is 5.41 Å². The number of benzene rings is 1. The van der Waals surface area contributed by atoms with E-state index in [2.05, 4.69) is 52.8 Å². The molecule has 2 unspecified atom stereocenters. The monoisotopic (exact) mass is 202 g/mol. The van der Waals surface area contributed by atoms with Gasteiger partial charge in [0, 0.05) is 0 Å². The molecule has 0 spiro atoms. The van der Waals surface area contributed by atoms with Gasteiger partial charge in [0.2, 0.25) is 0 Å². The lowest BCUT2D eigenvalue weighted by molar-refractivity contribution is 0.281. The van der Waals surface area contributed by atoms with Gasteiger partial charge in [-0.05, 0) is 41.7 Å². The predicted octanol–water partition coefficient (Wildman–Crippen LogP) is 4.42. The van der Waals surface area contributed by atoms with Gasteiger partial charge in [-0.1, -0.05) is 51.5 Å². The van der Waals surface area contributed by atoms with Gasteiger partial charge in [-0.25, -0.2) is 0 Å². The molecule has 15 heavy (non-hydrogen) atoms. The highest BCUT2D eigenvalue weighted by molar-refractivity contribution is 5.41. The fourth-order valence-corrected chi connectivity index (χ4v) is 2.88. The van der Waals surface area contributed by atoms with Crippen molar-refractivity contribution in [2.24, 2.45) is 5.92 Å². The molecular formula is C15H22. The summed E-state index contributed by atoms with van der Waals surface area (Å²) >= 11 is 0. The molecule has 0 nitrogen and oxygen atoms in total. The van der Waals surface area contributed by atoms with Gasteiger partial charge in [0.1, 0.15) is 0 Å². The van der Waals surface area contributed by atoms with Crippen LogP contribution in [0.15, 0.2) is 18.2 Å². The van der Waals surface area contributed by atoms with Crippen LogP contribution in [0.1, 0.15) is 56.7 Å². The summed E-state index contributed by atoms with van der Waals surface area (Å²) in [5.41, 5.74) is 4.88. The van der Waals surface area contributed by atoms with Gasteiger partial charge in [-0.3, -0.25) is 0 Å². The van der Waals surface area contributed by atoms with E-state index in [1.165, 1.54) is 12.0 Å². The second-order valence-electron chi connectivity index (χ2n) is 5.85. The molecule has 0 amide bonds. The Labute approximate surface area is 93.7 Å². The van der Waals surface area contributed by atoms with Gasteiger partial charge in [-0.2, -0.15) is 0 Å². The highest BCUT2D eigenvalue weighted by Gasteiger charge is 2.36. The van der Waals surface area contributed by atoms with Crippen LogP contribution in [0.4, 0.5) is 0 Å². The van der Waals surface area contributed by atoms with E-state index in [9.17, 15) is 0 Å². The molecule has 0 bridgehead atoms. The maximum Gasteiger partial charge on any atom is -0.00748 e. The summed E-state index contributed by atoms with van der Waals surface area (Å²) in [6.07, 6.45) is 1.32. The van der Waals surface area contributed by atoms with Crippen LogP contribution in [0, 0.1) is 12.8 Å². The molecule has 0 saturated carbocycles. The Morgan fingerprint density at radius 3 is 2.53 bits per heavy atom. The molecule has 0 aromatic heterocycles. The van der Waals surface area contributed by atoms with Gasteiger partial charge in [0.05, 0.1) is 0 Å². The van der Waals surface area contributed by atoms with Crippen LogP contribution in [0.3, 0.4) is 0 Å². The second-order valence-corrected chi connectivity index (χ2v) is 5.85. The van der Waals surface area contributed by atoms with E-state index in [-0.39, 0.29) is 0 Å². The first-order valence-corrected chi connectivity index (χ1v) is 6.04. The highest BCUT2D eigenvalue weighted by Crippen LogP contribution is 2.46. The Balaban J connectivity index is 2.60. The quantitative estimate of drug-likeness (QED) is 0.584. The van der Waals surface area contributed by atoms with Crippen LogP contribution in [0.25, 0.3) is 0 Å². The summed E-state index contributed by atoms with van der Waals surface area (Å²) in [6.45, 7) is 11.7. The minimum absolute atomic E-state index is 0.341. The summed E-state index contributed by atoms with van der Waals surface area (Å²) in [6, 6.07) is 6.98. The van der Waals surface area contributed by atoms with Crippen molar-refractivity contribution in [1.82, 2.24) is 0 Å². The van der Waals surface area contributed by atoms with Crippen molar-refractivity contribution in [2.75, 3.05) is 0 Å². The SMILES string of the molecule is Cc1ccc2c(c1)C(C)(C)C(C)CC2C. The van der Waals surface area contributed by atoms with Crippen molar-refractivity contribution in [1.29, 1.82) is 0 Å². The first-order chi connectivity index (χ1) is 6.93. The topological polar surface area (TPSA) is 0 Å². The summed E-state index contributed by atoms with van der Waals surface area (Å²) in [4.78, 5) is 0. The van der Waals surface area contributed by atoms with E-state index in [1.54, 1.807) is 11.1 Å². The van der Waals surface area contributed by atoms with Crippen LogP contribution in [0.5, 0.6) is 0 Å². The zero-order valence-corrected chi connectivity index (χ0v) is 10.6. The predicted molar refractivity (Wildman–Crippen MR) is 66.4 cm³/mol. The number of aryl methyl sites for hydroxylation is 1. The van der Waals surface area contributed by atoms with Crippen molar-refractivity contribution < 1.29 is 0 Å². The van der Waals surface area contributed by atoms with Gasteiger partial charge >= 0.3 is 0 Å². The first kappa shape index (κ1) is 10.7. The Hall–Kier alpha value is -0.780. The standard InChI is InChI=1S/C15H22/c1-10-6-7-13-11(2)9-12(3)15(4,5)14(13)8-10/h6-8,11-12H,9H2,1-5H3. The molecule has 0 heteroatoms. The molecule has 1 aromatic carbocycles. The van der Waals surface area contributed by atoms with Crippen LogP contribution >= 0.6 is 0 Å². The maximum absolute atomic E-state index is 2.39. The Morgan fingerprint density at radius 2 is 1.87 bits per heavy atom. The minimum Gasteiger partial charge on any atom is -0.0617 e. The lowest BCUT2D eigenvalue weighted by atomic mass is 9.63. The molecule has 0 radical (unpaired) electrons. The summed E-state index contributed by atoms with van der Waals surface area (Å²) in [5.74, 6) is 1.51. The highest BCUT2D eigenvalue weighted by atomic mass is 14.4. The van der Waals surface area contributed by atoms with Crippen molar-refractivity contribution >= 4 is 0 Å². The average molecular weight is 202 g/mol. The second kappa shape index (κ2) is 3.37. The van der Waals surface area contributed by atoms with Crippen molar-refractivity contribution in [3.05, 3.63) is 34.9 Å². The number of hydrogen-bond donors (Lipinski definition) is 0. The molecule has 0 N–H and O–H groups in total. The third kappa shape index (κ3) is 1.60. The van der Waals surface area contributed by atoms with E-state index in [1.807, 2.05) is 0 Å². The lowest BCUT2D eigenvalue weighted by Crippen LogP contribution is -2.33. The van der Waals surface area contributed by atoms with Gasteiger partial charge in [0.15, 0.2) is 0 Å². The molecule has 1 aliphatic carbocycles. The van der Waals surface area contributed by atoms with E-state index in [4.69, 9.17) is 0 Å². The van der Waals surface area contributed by atoms with Gasteiger partial charge in [-0.15, -0.1) is 0 Å². The van der Waals surface area contributed by atoms with Gasteiger partial charge in [0.25, 0.3) is 0 Å². The molecule has 2 atom stereocenters. The molecule has 82 valence electrons. The van der Waals surface area contributed by atoms with E-state index < -0.39 is 0 Å². The summed E-state index contributed by atoms with van der Waals surface area (Å²) < 4.78 is 0. The molecule has 1 aromatic rings. The lowest BCUT2D eigenvalue weighted by Gasteiger charge is -2.41. The zero-order valence-electron chi connectivity index (χ0n) is 10.6. The molecular weight excluding hydrogens is 180 g/mol. The normalized spacial score (nSPS) is 28.6. The zero-order chi connectivity index (χ0) is 11.2. The van der Waals surface area contributed by atoms with Crippen molar-refractivity contribution in [3.63, 3.8) is 0 Å². The largest absolute Gasteiger partial charge is 0.0617 e. The van der Waals surface area contributed by atoms with E-state index >= 15 is 0 Å². The molecule has 1 aliphatic rings. The average Bonchev–Trinajstić information content (AvgIpc) is 2.15. The Bertz CT molecular complexity index is 374. The minimum atomic E-state index is 0.341. The smallest absolute Gasteiger partial charge is 0.00748 e. The van der Waals surface area contributed by atoms with Gasteiger partial charge < -0.3 is 0 Å². The van der Waals surface area contributed by atoms with Crippen molar-refractivity contribution in [3.8, 4) is 0 Å². The van der Waals surface area contributed by atoms with Crippen LogP contribution in [-0.4, -0.2) is 0 Å². The van der Waals surface area contributed by atoms with Crippen LogP contribution in [-0.2, 0) is 5.41 Å². The van der Waals surface area contributed by atoms with Crippen molar-refractivity contribution in [2.45, 2.75) is 52.4 Å². The fourth-order valence-electron chi connectivity index (χ4n) is 2.88. The molecule has 0 aliphatic heterocycles. The van der Waals surface area contributed by atoms with E-state index in [0.717, 1.165) is 11.8 Å². The maximum atomic E-state index is 2.39. The first-order valence-electron chi connectivity index (χ1n) is 6.04. The molecule has 0 saturated heterocycles. The summed E-state index contributed by atoms with van der Waals surface area (Å²) in [5, 5.41) is 0. The van der Waals surface area contributed by atoms with Crippen LogP contribution < -0.4 is 0 Å². The third-order valence-corrected chi connectivity index (χ3v) is 4.37. The molecule has 2 rings (SSSR count). The Kier molecular flexibility index (Phi) is 2.41. The Morgan fingerprint density at radius 1 is 1.20 bits per heavy atom. The molecule has 0 heterocycles. The van der Waals surface area contributed by atoms with Crippen LogP contribution in [0.2, 0.25) is 0 Å². The number of rotatable bonds is 0. The fraction of sp³-hybridized carbons (Fsp3) is 0.600.